The molecule has 2 N–H and O–H groups in total. The number of anilines is 2. The molecular formula is C24H27N3O3S2. The molecule has 1 heterocycles. The highest BCUT2D eigenvalue weighted by Gasteiger charge is 2.16. The Bertz CT molecular complexity index is 1030. The van der Waals surface area contributed by atoms with Gasteiger partial charge in [-0.05, 0) is 68.8 Å². The van der Waals surface area contributed by atoms with Gasteiger partial charge in [-0.2, -0.15) is 0 Å². The summed E-state index contributed by atoms with van der Waals surface area (Å²) in [6, 6.07) is 15.3. The van der Waals surface area contributed by atoms with Crippen LogP contribution in [-0.2, 0) is 9.59 Å². The fourth-order valence-corrected chi connectivity index (χ4v) is 4.47. The van der Waals surface area contributed by atoms with Crippen molar-refractivity contribution in [2.75, 3.05) is 17.2 Å². The van der Waals surface area contributed by atoms with Crippen LogP contribution in [-0.4, -0.2) is 28.7 Å². The molecule has 6 nitrogen and oxygen atoms in total. The largest absolute Gasteiger partial charge is 0.494 e. The second-order valence-corrected chi connectivity index (χ2v) is 9.34. The van der Waals surface area contributed by atoms with Crippen molar-refractivity contribution in [1.82, 2.24) is 4.98 Å². The summed E-state index contributed by atoms with van der Waals surface area (Å²) in [5.74, 6) is 0.721. The maximum absolute atomic E-state index is 12.6. The second kappa shape index (κ2) is 11.7. The molecule has 8 heteroatoms. The number of aromatic nitrogens is 1. The van der Waals surface area contributed by atoms with E-state index >= 15 is 0 Å². The van der Waals surface area contributed by atoms with Crippen molar-refractivity contribution in [2.45, 2.75) is 43.8 Å². The highest BCUT2D eigenvalue weighted by Crippen LogP contribution is 2.29. The second-order valence-electron chi connectivity index (χ2n) is 7.07. The zero-order valence-electron chi connectivity index (χ0n) is 18.4. The van der Waals surface area contributed by atoms with Crippen LogP contribution in [0.3, 0.4) is 0 Å². The molecule has 0 spiro atoms. The standard InChI is InChI=1S/C24H27N3O3S2/c1-4-6-22(28)25-18-9-13-20(14-10-18)32-16(3)23(29)27-24-26-21(15-31-24)17-7-11-19(12-8-17)30-5-2/h7-16H,4-6H2,1-3H3,(H,25,28)(H,26,27,29). The summed E-state index contributed by atoms with van der Waals surface area (Å²) in [6.07, 6.45) is 1.32. The van der Waals surface area contributed by atoms with E-state index in [-0.39, 0.29) is 17.1 Å². The van der Waals surface area contributed by atoms with Crippen LogP contribution in [0.25, 0.3) is 11.3 Å². The Morgan fingerprint density at radius 1 is 1.06 bits per heavy atom. The molecule has 0 aliphatic carbocycles. The molecule has 32 heavy (non-hydrogen) atoms. The fourth-order valence-electron chi connectivity index (χ4n) is 2.88. The van der Waals surface area contributed by atoms with Gasteiger partial charge in [0.1, 0.15) is 5.75 Å². The fraction of sp³-hybridized carbons (Fsp3) is 0.292. The molecule has 0 saturated heterocycles. The summed E-state index contributed by atoms with van der Waals surface area (Å²) in [4.78, 5) is 29.8. The summed E-state index contributed by atoms with van der Waals surface area (Å²) in [5.41, 5.74) is 2.54. The number of hydrogen-bond acceptors (Lipinski definition) is 6. The topological polar surface area (TPSA) is 80.3 Å². The third-order valence-corrected chi connectivity index (χ3v) is 6.36. The van der Waals surface area contributed by atoms with E-state index in [9.17, 15) is 9.59 Å². The number of thioether (sulfide) groups is 1. The molecule has 2 aromatic carbocycles. The van der Waals surface area contributed by atoms with Crippen molar-refractivity contribution in [3.8, 4) is 17.0 Å². The molecule has 0 bridgehead atoms. The Kier molecular flexibility index (Phi) is 8.70. The van der Waals surface area contributed by atoms with Crippen molar-refractivity contribution in [3.63, 3.8) is 0 Å². The maximum Gasteiger partial charge on any atom is 0.239 e. The lowest BCUT2D eigenvalue weighted by molar-refractivity contribution is -0.116. The molecule has 1 atom stereocenters. The lowest BCUT2D eigenvalue weighted by Gasteiger charge is -2.11. The Labute approximate surface area is 196 Å². The molecule has 2 amide bonds. The number of amides is 2. The van der Waals surface area contributed by atoms with Gasteiger partial charge in [0.2, 0.25) is 11.8 Å². The van der Waals surface area contributed by atoms with E-state index < -0.39 is 0 Å². The molecular weight excluding hydrogens is 442 g/mol. The Morgan fingerprint density at radius 2 is 1.78 bits per heavy atom. The van der Waals surface area contributed by atoms with Crippen LogP contribution in [0.5, 0.6) is 5.75 Å². The lowest BCUT2D eigenvalue weighted by Crippen LogP contribution is -2.22. The van der Waals surface area contributed by atoms with Gasteiger partial charge in [0, 0.05) is 27.9 Å². The van der Waals surface area contributed by atoms with Crippen molar-refractivity contribution >= 4 is 45.7 Å². The molecule has 1 unspecified atom stereocenters. The SMILES string of the molecule is CCCC(=O)Nc1ccc(SC(C)C(=O)Nc2nc(-c3ccc(OCC)cc3)cs2)cc1. The highest BCUT2D eigenvalue weighted by molar-refractivity contribution is 8.00. The van der Waals surface area contributed by atoms with E-state index in [0.717, 1.165) is 34.0 Å². The van der Waals surface area contributed by atoms with Gasteiger partial charge in [-0.1, -0.05) is 6.92 Å². The van der Waals surface area contributed by atoms with Crippen LogP contribution in [0.15, 0.2) is 58.8 Å². The summed E-state index contributed by atoms with van der Waals surface area (Å²) in [7, 11) is 0. The monoisotopic (exact) mass is 469 g/mol. The average molecular weight is 470 g/mol. The van der Waals surface area contributed by atoms with Crippen LogP contribution in [0.4, 0.5) is 10.8 Å². The number of hydrogen-bond donors (Lipinski definition) is 2. The van der Waals surface area contributed by atoms with Crippen molar-refractivity contribution in [3.05, 3.63) is 53.9 Å². The minimum absolute atomic E-state index is 0.00806. The molecule has 0 aliphatic heterocycles. The number of nitrogens with one attached hydrogen (secondary N) is 2. The number of ether oxygens (including phenoxy) is 1. The van der Waals surface area contributed by atoms with Gasteiger partial charge in [0.15, 0.2) is 5.13 Å². The predicted molar refractivity (Wildman–Crippen MR) is 133 cm³/mol. The molecule has 168 valence electrons. The van der Waals surface area contributed by atoms with Crippen molar-refractivity contribution < 1.29 is 14.3 Å². The first kappa shape index (κ1) is 23.8. The van der Waals surface area contributed by atoms with Crippen LogP contribution >= 0.6 is 23.1 Å². The van der Waals surface area contributed by atoms with Gasteiger partial charge in [0.25, 0.3) is 0 Å². The molecule has 3 rings (SSSR count). The van der Waals surface area contributed by atoms with Gasteiger partial charge in [-0.15, -0.1) is 23.1 Å². The molecule has 0 radical (unpaired) electrons. The molecule has 3 aromatic rings. The van der Waals surface area contributed by atoms with Crippen molar-refractivity contribution in [1.29, 1.82) is 0 Å². The Morgan fingerprint density at radius 3 is 2.44 bits per heavy atom. The van der Waals surface area contributed by atoms with Gasteiger partial charge in [-0.25, -0.2) is 4.98 Å². The zero-order valence-corrected chi connectivity index (χ0v) is 20.0. The van der Waals surface area contributed by atoms with Crippen LogP contribution < -0.4 is 15.4 Å². The predicted octanol–water partition coefficient (Wildman–Crippen LogP) is 6.07. The molecule has 1 aromatic heterocycles. The van der Waals surface area contributed by atoms with E-state index in [1.54, 1.807) is 0 Å². The van der Waals surface area contributed by atoms with Gasteiger partial charge >= 0.3 is 0 Å². The average Bonchev–Trinajstić information content (AvgIpc) is 3.24. The zero-order chi connectivity index (χ0) is 22.9. The molecule has 0 saturated carbocycles. The minimum atomic E-state index is -0.298. The number of nitrogens with zero attached hydrogens (tertiary/aromatic N) is 1. The van der Waals surface area contributed by atoms with Crippen LogP contribution in [0, 0.1) is 0 Å². The van der Waals surface area contributed by atoms with Gasteiger partial charge in [0.05, 0.1) is 17.6 Å². The van der Waals surface area contributed by atoms with E-state index in [4.69, 9.17) is 4.74 Å². The Balaban J connectivity index is 1.54. The third-order valence-electron chi connectivity index (χ3n) is 4.49. The normalized spacial score (nSPS) is 11.6. The first-order valence-electron chi connectivity index (χ1n) is 10.5. The minimum Gasteiger partial charge on any atom is -0.494 e. The number of carbonyl (C=O) groups is 2. The number of rotatable bonds is 10. The highest BCUT2D eigenvalue weighted by atomic mass is 32.2. The number of carbonyl (C=O) groups excluding carboxylic acids is 2. The van der Waals surface area contributed by atoms with E-state index in [0.29, 0.717) is 18.2 Å². The lowest BCUT2D eigenvalue weighted by atomic mass is 10.2. The smallest absolute Gasteiger partial charge is 0.239 e. The van der Waals surface area contributed by atoms with Gasteiger partial charge in [-0.3, -0.25) is 9.59 Å². The maximum atomic E-state index is 12.6. The summed E-state index contributed by atoms with van der Waals surface area (Å²) < 4.78 is 5.47. The van der Waals surface area contributed by atoms with E-state index in [1.807, 2.05) is 74.7 Å². The molecule has 0 aliphatic rings. The summed E-state index contributed by atoms with van der Waals surface area (Å²) in [5, 5.41) is 7.96. The molecule has 0 fully saturated rings. The Hall–Kier alpha value is -2.84. The van der Waals surface area contributed by atoms with Crippen LogP contribution in [0.1, 0.15) is 33.6 Å². The number of thiazole rings is 1. The van der Waals surface area contributed by atoms with E-state index in [1.165, 1.54) is 23.1 Å². The summed E-state index contributed by atoms with van der Waals surface area (Å²) >= 11 is 2.86. The first-order valence-corrected chi connectivity index (χ1v) is 12.3. The van der Waals surface area contributed by atoms with Crippen molar-refractivity contribution in [2.24, 2.45) is 0 Å². The van der Waals surface area contributed by atoms with Crippen LogP contribution in [0.2, 0.25) is 0 Å². The van der Waals surface area contributed by atoms with Gasteiger partial charge < -0.3 is 15.4 Å². The third kappa shape index (κ3) is 6.83. The first-order chi connectivity index (χ1) is 15.5. The quantitative estimate of drug-likeness (QED) is 0.352. The van der Waals surface area contributed by atoms with E-state index in [2.05, 4.69) is 15.6 Å². The summed E-state index contributed by atoms with van der Waals surface area (Å²) in [6.45, 7) is 6.41. The number of benzene rings is 2.